The summed E-state index contributed by atoms with van der Waals surface area (Å²) in [6, 6.07) is 0. The monoisotopic (exact) mass is 847 g/mol. The van der Waals surface area contributed by atoms with Gasteiger partial charge in [-0.15, -0.1) is 0 Å². The number of hydrogen-bond acceptors (Lipinski definition) is 0. The van der Waals surface area contributed by atoms with E-state index in [2.05, 4.69) is 0 Å². The Morgan fingerprint density at radius 1 is 0.429 bits per heavy atom. The molecule has 28 valence electrons. The second-order valence-electron chi connectivity index (χ2n) is 0. The van der Waals surface area contributed by atoms with E-state index < -0.39 is 0 Å². The van der Waals surface area contributed by atoms with E-state index in [1.807, 2.05) is 0 Å². The van der Waals surface area contributed by atoms with Crippen LogP contribution in [0.1, 0.15) is 0 Å². The van der Waals surface area contributed by atoms with Crippen LogP contribution in [0.3, 0.4) is 0 Å². The van der Waals surface area contributed by atoms with Crippen molar-refractivity contribution < 1.29 is 54.6 Å². The first kappa shape index (κ1) is 52.2. The summed E-state index contributed by atoms with van der Waals surface area (Å²) in [6.07, 6.45) is 0. The van der Waals surface area contributed by atoms with E-state index in [4.69, 9.17) is 0 Å². The third-order valence-electron chi connectivity index (χ3n) is 0. The first-order chi connectivity index (χ1) is 0. The molecule has 0 N–H and O–H groups in total. The molecule has 0 saturated heterocycles. The third-order valence-corrected chi connectivity index (χ3v) is 0. The summed E-state index contributed by atoms with van der Waals surface area (Å²) in [7, 11) is 0. The molecule has 0 nitrogen and oxygen atoms in total. The quantitative estimate of drug-likeness (QED) is 0.251. The van der Waals surface area contributed by atoms with Crippen molar-refractivity contribution in [1.29, 1.82) is 0 Å². The van der Waals surface area contributed by atoms with Crippen LogP contribution in [0.25, 0.3) is 0 Å². The fourth-order valence-corrected chi connectivity index (χ4v) is 0. The number of hydrogen-bond donors (Lipinski definition) is 0. The average molecular weight is 837 g/mol. The van der Waals surface area contributed by atoms with E-state index in [0.717, 1.165) is 0 Å². The van der Waals surface area contributed by atoms with Gasteiger partial charge < -0.3 is 71.0 Å². The first-order valence-electron chi connectivity index (χ1n) is 0. The maximum absolute atomic E-state index is 0. The molecule has 0 rings (SSSR count). The van der Waals surface area contributed by atoms with Crippen molar-refractivity contribution >= 4 is 123 Å². The Labute approximate surface area is 172 Å². The van der Waals surface area contributed by atoms with Crippen LogP contribution in [0.2, 0.25) is 0 Å². The van der Waals surface area contributed by atoms with Gasteiger partial charge in [-0.1, -0.05) is 0 Å². The summed E-state index contributed by atoms with van der Waals surface area (Å²) in [5, 5.41) is 0. The molecule has 0 unspecified atom stereocenters. The Kier molecular flexibility index (Phi) is 302. The summed E-state index contributed by atoms with van der Waals surface area (Å²) in [6.45, 7) is 0. The van der Waals surface area contributed by atoms with Gasteiger partial charge in [0.05, 0.1) is 0 Å². The van der Waals surface area contributed by atoms with Crippen LogP contribution in [0, 0.1) is 0 Å². The second-order valence-corrected chi connectivity index (χ2v) is 0. The van der Waals surface area contributed by atoms with Crippen LogP contribution in [-0.4, -0.2) is 123 Å². The van der Waals surface area contributed by atoms with E-state index in [1.165, 1.54) is 0 Å². The minimum Gasteiger partial charge on any atom is -2.00 e. The van der Waals surface area contributed by atoms with Gasteiger partial charge in [-0.25, -0.2) is 0 Å². The van der Waals surface area contributed by atoms with Crippen molar-refractivity contribution in [3.63, 3.8) is 0 Å². The fraction of sp³-hybridized carbons (Fsp3) is 0. The molecule has 0 aromatic carbocycles. The maximum Gasteiger partial charge on any atom is 3.00 e. The van der Waals surface area contributed by atoms with Gasteiger partial charge >= 0.3 is 51.7 Å². The van der Waals surface area contributed by atoms with Gasteiger partial charge in [0, 0.05) is 54.6 Å². The Bertz CT molecular complexity index is 10.9. The number of rotatable bonds is 0. The largest absolute Gasteiger partial charge is 3.00 e. The van der Waals surface area contributed by atoms with E-state index in [9.17, 15) is 0 Å². The summed E-state index contributed by atoms with van der Waals surface area (Å²) >= 11 is 0. The van der Waals surface area contributed by atoms with Gasteiger partial charge in [0.25, 0.3) is 0 Å². The molecule has 0 aromatic heterocycles. The first-order valence-corrected chi connectivity index (χ1v) is 0. The minimum atomic E-state index is 0. The molecule has 0 aliphatic rings. The van der Waals surface area contributed by atoms with Crippen molar-refractivity contribution in [2.45, 2.75) is 0 Å². The molecule has 0 bridgehead atoms. The molecule has 0 fully saturated rings. The summed E-state index contributed by atoms with van der Waals surface area (Å²) < 4.78 is 0. The predicted octanol–water partition coefficient (Wildman–Crippen LogP) is -1.91. The van der Waals surface area contributed by atoms with Crippen molar-refractivity contribution in [1.82, 2.24) is 0 Å². The molecule has 0 spiro atoms. The molecule has 0 atom stereocenters. The molecule has 0 amide bonds. The Morgan fingerprint density at radius 2 is 0.429 bits per heavy atom. The van der Waals surface area contributed by atoms with Crippen LogP contribution in [0.5, 0.6) is 0 Å². The molecule has 0 aromatic rings. The molecule has 0 aliphatic carbocycles. The van der Waals surface area contributed by atoms with Crippen molar-refractivity contribution in [2.75, 3.05) is 0 Å². The molecule has 0 radical (unpaired) electrons. The SMILES string of the molecule is [Cd].[Cd].[In+3].[In+3].[Te-2].[Te-2].[Te-2]. The van der Waals surface area contributed by atoms with Crippen LogP contribution in [0.15, 0.2) is 0 Å². The van der Waals surface area contributed by atoms with E-state index in [0.29, 0.717) is 0 Å². The standard InChI is InChI=1S/2Cd.2In.3Te/q;;2*+3;3*-2. The second kappa shape index (κ2) is 40.5. The van der Waals surface area contributed by atoms with Gasteiger partial charge in [-0.3, -0.25) is 0 Å². The van der Waals surface area contributed by atoms with Gasteiger partial charge in [0.2, 0.25) is 0 Å². The minimum absolute atomic E-state index is 0. The van der Waals surface area contributed by atoms with Crippen molar-refractivity contribution in [3.8, 4) is 0 Å². The fourth-order valence-electron chi connectivity index (χ4n) is 0. The van der Waals surface area contributed by atoms with Crippen LogP contribution < -0.4 is 0 Å². The van der Waals surface area contributed by atoms with Crippen molar-refractivity contribution in [3.05, 3.63) is 0 Å². The van der Waals surface area contributed by atoms with Gasteiger partial charge in [0.15, 0.2) is 0 Å². The Hall–Kier alpha value is 5.95. The maximum atomic E-state index is 0. The third kappa shape index (κ3) is 33.4. The average Bonchev–Trinajstić information content (AvgIpc) is 0. The van der Waals surface area contributed by atoms with Crippen LogP contribution >= 0.6 is 0 Å². The van der Waals surface area contributed by atoms with E-state index >= 15 is 0 Å². The predicted molar refractivity (Wildman–Crippen MR) is 28.8 cm³/mol. The zero-order valence-electron chi connectivity index (χ0n) is 3.79. The molecular formula is Cd2In2Te3. The molecule has 7 heteroatoms. The molecular weight excluding hydrogens is 837 g/mol. The molecule has 0 saturated carbocycles. The smallest absolute Gasteiger partial charge is 2.00 e. The zero-order chi connectivity index (χ0) is 0. The molecule has 7 heavy (non-hydrogen) atoms. The molecule has 0 heterocycles. The van der Waals surface area contributed by atoms with Gasteiger partial charge in [-0.2, -0.15) is 0 Å². The normalized spacial score (nSPS) is 0. The van der Waals surface area contributed by atoms with Crippen LogP contribution in [0.4, 0.5) is 0 Å². The zero-order valence-corrected chi connectivity index (χ0v) is 25.4. The summed E-state index contributed by atoms with van der Waals surface area (Å²) in [5.74, 6) is 0. The summed E-state index contributed by atoms with van der Waals surface area (Å²) in [4.78, 5) is 0. The summed E-state index contributed by atoms with van der Waals surface area (Å²) in [5.41, 5.74) is 0. The van der Waals surface area contributed by atoms with Gasteiger partial charge in [-0.05, 0) is 0 Å². The van der Waals surface area contributed by atoms with E-state index in [1.54, 1.807) is 0 Å². The van der Waals surface area contributed by atoms with Crippen molar-refractivity contribution in [2.24, 2.45) is 0 Å². The topological polar surface area (TPSA) is 0 Å². The Balaban J connectivity index is 0. The van der Waals surface area contributed by atoms with Crippen LogP contribution in [-0.2, 0) is 54.6 Å². The van der Waals surface area contributed by atoms with Gasteiger partial charge in [0.1, 0.15) is 0 Å². The van der Waals surface area contributed by atoms with E-state index in [-0.39, 0.29) is 177 Å². The Morgan fingerprint density at radius 3 is 0.429 bits per heavy atom. The molecule has 0 aliphatic heterocycles.